The molecule has 560 valence electrons. The molecule has 0 saturated carbocycles. The van der Waals surface area contributed by atoms with Crippen LogP contribution >= 0.6 is 29.0 Å². The summed E-state index contributed by atoms with van der Waals surface area (Å²) in [5.74, 6) is 2.19. The van der Waals surface area contributed by atoms with Crippen LogP contribution in [0.4, 0.5) is 45.5 Å². The van der Waals surface area contributed by atoms with E-state index in [0.29, 0.717) is 26.4 Å². The van der Waals surface area contributed by atoms with Crippen molar-refractivity contribution >= 4 is 117 Å². The second-order valence-corrected chi connectivity index (χ2v) is 49.1. The van der Waals surface area contributed by atoms with E-state index < -0.39 is 34.7 Å². The predicted octanol–water partition coefficient (Wildman–Crippen LogP) is 8.41. The average Bonchev–Trinajstić information content (AvgIpc) is 0.753. The van der Waals surface area contributed by atoms with Gasteiger partial charge in [-0.2, -0.15) is 0 Å². The Bertz CT molecular complexity index is 3730. The third-order valence-corrected chi connectivity index (χ3v) is 49.1. The van der Waals surface area contributed by atoms with Crippen LogP contribution in [0.25, 0.3) is 0 Å². The molecule has 0 aromatic heterocycles. The maximum atomic E-state index is 6.70. The van der Waals surface area contributed by atoms with Gasteiger partial charge in [0.05, 0.1) is 0 Å². The van der Waals surface area contributed by atoms with Gasteiger partial charge in [-0.1, -0.05) is 0 Å². The van der Waals surface area contributed by atoms with Gasteiger partial charge in [0, 0.05) is 0 Å². The summed E-state index contributed by atoms with van der Waals surface area (Å²) in [7, 11) is -10.3. The summed E-state index contributed by atoms with van der Waals surface area (Å²) in [4.78, 5) is 20.2. The zero-order valence-electron chi connectivity index (χ0n) is 62.4. The van der Waals surface area contributed by atoms with Gasteiger partial charge < -0.3 is 0 Å². The molecular weight excluding hydrogens is 1380 g/mol. The van der Waals surface area contributed by atoms with Crippen molar-refractivity contribution in [2.75, 3.05) is 275 Å². The van der Waals surface area contributed by atoms with Crippen LogP contribution in [0, 0.1) is 0 Å². The molecule has 1 spiro atoms. The molecule has 8 aliphatic rings. The quantitative estimate of drug-likeness (QED) is 0.0683. The molecule has 16 rings (SSSR count). The molecule has 0 bridgehead atoms. The van der Waals surface area contributed by atoms with Crippen LogP contribution in [-0.2, 0) is 37.9 Å². The van der Waals surface area contributed by atoms with Crippen molar-refractivity contribution in [1.29, 1.82) is 0 Å². The molecule has 8 saturated heterocycles. The molecule has 20 heteroatoms. The Morgan fingerprint density at radius 2 is 0.362 bits per heavy atom. The first-order chi connectivity index (χ1) is 51.5. The minimum atomic E-state index is -2.61. The predicted molar refractivity (Wildman–Crippen MR) is 453 cm³/mol. The van der Waals surface area contributed by atoms with Crippen molar-refractivity contribution in [3.63, 3.8) is 0 Å². The fraction of sp³-hybridized carbons (Fsp3) is 0.435. The fourth-order valence-electron chi connectivity index (χ4n) is 18.5. The molecule has 8 aromatic carbocycles. The molecule has 0 amide bonds. The van der Waals surface area contributed by atoms with Gasteiger partial charge in [-0.25, -0.2) is 0 Å². The Kier molecular flexibility index (Phi) is 22.4. The summed E-state index contributed by atoms with van der Waals surface area (Å²) < 4.78 is 48.3. The van der Waals surface area contributed by atoms with Crippen molar-refractivity contribution in [3.8, 4) is 0 Å². The van der Waals surface area contributed by atoms with Gasteiger partial charge in [0.1, 0.15) is 0 Å². The van der Waals surface area contributed by atoms with E-state index in [9.17, 15) is 0 Å². The minimum absolute atomic E-state index is 0.525. The van der Waals surface area contributed by atoms with Crippen LogP contribution in [0.15, 0.2) is 194 Å². The normalized spacial score (nSPS) is 21.2. The number of nitrogens with zero attached hydrogens (tertiary/aromatic N) is 8. The first-order valence-electron chi connectivity index (χ1n) is 39.0. The second kappa shape index (κ2) is 32.4. The van der Waals surface area contributed by atoms with Crippen LogP contribution in [-0.4, -0.2) is 241 Å². The third kappa shape index (κ3) is 15.3. The molecule has 0 aliphatic carbocycles. The fourth-order valence-corrected chi connectivity index (χ4v) is 44.9. The topological polar surface area (TPSA) is 99.8 Å². The van der Waals surface area contributed by atoms with Crippen molar-refractivity contribution in [1.82, 2.24) is 0 Å². The zero-order valence-corrected chi connectivity index (χ0v) is 66.4. The third-order valence-electron chi connectivity index (χ3n) is 24.9. The molecule has 16 nitrogen and oxygen atoms in total. The Morgan fingerprint density at radius 3 is 0.533 bits per heavy atom. The van der Waals surface area contributed by atoms with Crippen molar-refractivity contribution < 1.29 is 37.9 Å². The Labute approximate surface area is 626 Å². The summed E-state index contributed by atoms with van der Waals surface area (Å²) in [6, 6.07) is 78.5. The SMILES string of the molecule is C[PH](C[PH](C)(c1ccc(N2CCOCC2)cc1)c1ccc(N2CCOCC23COCCN3c2ccc([PH](C)(C[PH](C)(c3ccc(N4CCOCC4)cc3)c3ccc(N4CCOCC4)cc3)c3ccc(N4CCOCC4)cc3)cc2)cc1)(c1ccc(N2CCOCC2)cc1)c1ccc(N2CCOCC2)cc1. The van der Waals surface area contributed by atoms with E-state index in [4.69, 9.17) is 37.9 Å². The Morgan fingerprint density at radius 1 is 0.210 bits per heavy atom. The van der Waals surface area contributed by atoms with Crippen LogP contribution in [0.2, 0.25) is 0 Å². The van der Waals surface area contributed by atoms with E-state index in [2.05, 4.69) is 260 Å². The molecule has 8 aliphatic heterocycles. The summed E-state index contributed by atoms with van der Waals surface area (Å²) in [6.07, 6.45) is 0. The number of hydrogen-bond donors (Lipinski definition) is 0. The summed E-state index contributed by atoms with van der Waals surface area (Å²) >= 11 is 0. The molecule has 0 N–H and O–H groups in total. The molecule has 8 heterocycles. The van der Waals surface area contributed by atoms with Gasteiger partial charge in [-0.3, -0.25) is 0 Å². The van der Waals surface area contributed by atoms with Gasteiger partial charge >= 0.3 is 630 Å². The molecule has 8 aromatic rings. The average molecular weight is 1500 g/mol. The van der Waals surface area contributed by atoms with E-state index >= 15 is 0 Å². The molecule has 0 atom stereocenters. The summed E-state index contributed by atoms with van der Waals surface area (Å²) in [5, 5.41) is 11.7. The number of benzene rings is 8. The van der Waals surface area contributed by atoms with Crippen molar-refractivity contribution in [2.24, 2.45) is 0 Å². The van der Waals surface area contributed by atoms with Crippen molar-refractivity contribution in [3.05, 3.63) is 194 Å². The van der Waals surface area contributed by atoms with Gasteiger partial charge in [0.25, 0.3) is 0 Å². The van der Waals surface area contributed by atoms with Gasteiger partial charge in [-0.15, -0.1) is 0 Å². The van der Waals surface area contributed by atoms with Gasteiger partial charge in [-0.05, 0) is 0 Å². The van der Waals surface area contributed by atoms with Crippen LogP contribution in [0.3, 0.4) is 0 Å². The molecular formula is C85H112N8O8P4. The number of rotatable bonds is 20. The van der Waals surface area contributed by atoms with E-state index in [1.807, 2.05) is 0 Å². The molecule has 0 unspecified atom stereocenters. The van der Waals surface area contributed by atoms with Gasteiger partial charge in [0.15, 0.2) is 0 Å². The summed E-state index contributed by atoms with van der Waals surface area (Å²) in [5.41, 5.74) is 9.48. The standard InChI is InChI=1S/C85H112N8O8P4/c1-102(77-21-5-69(6-22-77)86-37-51-94-52-38-86,78-23-7-70(8-24-78)87-39-53-95-54-40-87)67-104(3,81-29-13-73(14-30-81)90-45-59-98-60-46-90)83-33-17-75(18-34-83)92-49-63-100-65-85(92)66-101-64-50-93(85)76-19-35-84(36-20-76)105(4,82-31-15-74(16-32-82)91-47-61-99-62-48-91)68-103(2,79-25-9-71(10-26-79)88-41-55-96-56-42-88)80-27-11-72(12-28-80)89-43-57-97-58-44-89/h5-36,102-105H,37-68H2,1-4H3. The van der Waals surface area contributed by atoms with Crippen LogP contribution < -0.4 is 81.6 Å². The molecule has 0 radical (unpaired) electrons. The monoisotopic (exact) mass is 1500 g/mol. The number of morpholine rings is 8. The molecule has 8 fully saturated rings. The summed E-state index contributed by atoms with van der Waals surface area (Å²) in [6.45, 7) is 34.6. The second-order valence-electron chi connectivity index (χ2n) is 31.0. The Hall–Kier alpha value is -6.44. The molecule has 105 heavy (non-hydrogen) atoms. The van der Waals surface area contributed by atoms with E-state index in [1.54, 1.807) is 0 Å². The van der Waals surface area contributed by atoms with Crippen LogP contribution in [0.1, 0.15) is 0 Å². The maximum absolute atomic E-state index is 6.70. The number of ether oxygens (including phenoxy) is 8. The number of hydrogen-bond acceptors (Lipinski definition) is 16. The Balaban J connectivity index is 0.743. The van der Waals surface area contributed by atoms with E-state index in [1.165, 1.54) is 87.9 Å². The first kappa shape index (κ1) is 72.7. The first-order valence-corrected chi connectivity index (χ1v) is 49.8. The van der Waals surface area contributed by atoms with Gasteiger partial charge in [0.2, 0.25) is 0 Å². The zero-order chi connectivity index (χ0) is 71.3. The van der Waals surface area contributed by atoms with Crippen LogP contribution in [0.5, 0.6) is 0 Å². The van der Waals surface area contributed by atoms with E-state index in [-0.39, 0.29) is 0 Å². The van der Waals surface area contributed by atoms with E-state index in [0.717, 1.165) is 183 Å². The van der Waals surface area contributed by atoms with Crippen molar-refractivity contribution in [2.45, 2.75) is 5.66 Å². The number of anilines is 8.